The van der Waals surface area contributed by atoms with E-state index in [1.165, 1.54) is 6.92 Å². The molecule has 0 aromatic heterocycles. The van der Waals surface area contributed by atoms with Gasteiger partial charge in [-0.15, -0.1) is 0 Å². The number of benzene rings is 1. The van der Waals surface area contributed by atoms with E-state index in [1.54, 1.807) is 0 Å². The van der Waals surface area contributed by atoms with Gasteiger partial charge in [0.1, 0.15) is 0 Å². The molecule has 1 aromatic carbocycles. The summed E-state index contributed by atoms with van der Waals surface area (Å²) in [7, 11) is 0. The lowest BCUT2D eigenvalue weighted by Gasteiger charge is -2.13. The minimum atomic E-state index is -0.244. The largest absolute Gasteiger partial charge is 0.466 e. The predicted octanol–water partition coefficient (Wildman–Crippen LogP) is 2.92. The zero-order valence-corrected chi connectivity index (χ0v) is 12.0. The normalized spacial score (nSPS) is 14.4. The quantitative estimate of drug-likeness (QED) is 0.802. The van der Waals surface area contributed by atoms with E-state index < -0.39 is 0 Å². The van der Waals surface area contributed by atoms with E-state index in [-0.39, 0.29) is 18.7 Å². The Morgan fingerprint density at radius 1 is 1.44 bits per heavy atom. The summed E-state index contributed by atoms with van der Waals surface area (Å²) in [5.41, 5.74) is 1.12. The number of rotatable bonds is 4. The van der Waals surface area contributed by atoms with Gasteiger partial charge in [-0.3, -0.25) is 4.79 Å². The number of hydrogen-bond donors (Lipinski definition) is 0. The molecule has 0 saturated heterocycles. The van der Waals surface area contributed by atoms with Gasteiger partial charge in [-0.05, 0) is 30.0 Å². The third-order valence-corrected chi connectivity index (χ3v) is 3.42. The summed E-state index contributed by atoms with van der Waals surface area (Å²) in [5, 5.41) is 0. The molecule has 0 bridgehead atoms. The van der Waals surface area contributed by atoms with Gasteiger partial charge in [0.2, 0.25) is 6.79 Å². The summed E-state index contributed by atoms with van der Waals surface area (Å²) in [6.45, 7) is 4.16. The molecule has 1 heterocycles. The fourth-order valence-corrected chi connectivity index (χ4v) is 2.29. The van der Waals surface area contributed by atoms with Gasteiger partial charge in [-0.25, -0.2) is 0 Å². The number of hydrogen-bond acceptors (Lipinski definition) is 4. The van der Waals surface area contributed by atoms with Crippen LogP contribution >= 0.6 is 15.9 Å². The van der Waals surface area contributed by atoms with Crippen molar-refractivity contribution in [2.45, 2.75) is 20.3 Å². The molecular formula is C13H15BrO4. The Bertz CT molecular complexity index is 459. The van der Waals surface area contributed by atoms with Crippen LogP contribution in [-0.2, 0) is 16.0 Å². The fourth-order valence-electron chi connectivity index (χ4n) is 1.81. The lowest BCUT2D eigenvalue weighted by Crippen LogP contribution is -2.11. The van der Waals surface area contributed by atoms with E-state index in [4.69, 9.17) is 14.2 Å². The molecule has 1 aromatic rings. The number of halogens is 1. The molecule has 1 atom stereocenters. The van der Waals surface area contributed by atoms with Gasteiger partial charge in [0.25, 0.3) is 0 Å². The van der Waals surface area contributed by atoms with Crippen LogP contribution in [0.5, 0.6) is 11.5 Å². The van der Waals surface area contributed by atoms with Gasteiger partial charge >= 0.3 is 5.97 Å². The first-order valence-electron chi connectivity index (χ1n) is 5.77. The number of fused-ring (bicyclic) bond motifs is 1. The van der Waals surface area contributed by atoms with E-state index in [0.717, 1.165) is 28.0 Å². The Labute approximate surface area is 114 Å². The van der Waals surface area contributed by atoms with Crippen LogP contribution in [0.3, 0.4) is 0 Å². The monoisotopic (exact) mass is 314 g/mol. The van der Waals surface area contributed by atoms with Gasteiger partial charge < -0.3 is 14.2 Å². The van der Waals surface area contributed by atoms with Crippen LogP contribution < -0.4 is 9.47 Å². The average Bonchev–Trinajstić information content (AvgIpc) is 2.74. The average molecular weight is 315 g/mol. The highest BCUT2D eigenvalue weighted by Crippen LogP contribution is 2.37. The van der Waals surface area contributed by atoms with Crippen molar-refractivity contribution in [2.24, 2.45) is 5.92 Å². The summed E-state index contributed by atoms with van der Waals surface area (Å²) in [4.78, 5) is 10.8. The number of carbonyl (C=O) groups excluding carboxylic acids is 1. The first-order chi connectivity index (χ1) is 8.56. The van der Waals surface area contributed by atoms with Gasteiger partial charge in [-0.1, -0.05) is 22.9 Å². The molecule has 0 unspecified atom stereocenters. The van der Waals surface area contributed by atoms with E-state index in [9.17, 15) is 4.79 Å². The number of ether oxygens (including phenoxy) is 3. The minimum absolute atomic E-state index is 0.244. The van der Waals surface area contributed by atoms with Gasteiger partial charge in [0.05, 0.1) is 6.61 Å². The van der Waals surface area contributed by atoms with Crippen LogP contribution in [0.15, 0.2) is 16.6 Å². The molecule has 1 aliphatic rings. The summed E-state index contributed by atoms with van der Waals surface area (Å²) in [6.07, 6.45) is 0.810. The summed E-state index contributed by atoms with van der Waals surface area (Å²) in [5.74, 6) is 1.54. The second-order valence-corrected chi connectivity index (χ2v) is 5.26. The predicted molar refractivity (Wildman–Crippen MR) is 69.8 cm³/mol. The van der Waals surface area contributed by atoms with Crippen molar-refractivity contribution in [3.63, 3.8) is 0 Å². The third kappa shape index (κ3) is 3.16. The Morgan fingerprint density at radius 2 is 2.11 bits per heavy atom. The van der Waals surface area contributed by atoms with Crippen LogP contribution in [0.25, 0.3) is 0 Å². The van der Waals surface area contributed by atoms with Gasteiger partial charge in [0, 0.05) is 11.4 Å². The summed E-state index contributed by atoms with van der Waals surface area (Å²) < 4.78 is 16.6. The SMILES string of the molecule is CC(=O)OC[C@H](C)Cc1cc2c(cc1Br)OCO2. The van der Waals surface area contributed by atoms with Crippen molar-refractivity contribution in [1.82, 2.24) is 0 Å². The molecule has 4 nitrogen and oxygen atoms in total. The maximum atomic E-state index is 10.8. The van der Waals surface area contributed by atoms with E-state index in [1.807, 2.05) is 19.1 Å². The third-order valence-electron chi connectivity index (χ3n) is 2.68. The first-order valence-corrected chi connectivity index (χ1v) is 6.57. The minimum Gasteiger partial charge on any atom is -0.466 e. The molecule has 1 aliphatic heterocycles. The van der Waals surface area contributed by atoms with Crippen molar-refractivity contribution in [1.29, 1.82) is 0 Å². The van der Waals surface area contributed by atoms with Crippen LogP contribution in [0, 0.1) is 5.92 Å². The van der Waals surface area contributed by atoms with E-state index in [2.05, 4.69) is 15.9 Å². The molecule has 98 valence electrons. The molecule has 2 rings (SSSR count). The Balaban J connectivity index is 2.03. The second-order valence-electron chi connectivity index (χ2n) is 4.41. The van der Waals surface area contributed by atoms with Crippen molar-refractivity contribution in [2.75, 3.05) is 13.4 Å². The van der Waals surface area contributed by atoms with Crippen molar-refractivity contribution in [3.8, 4) is 11.5 Å². The Morgan fingerprint density at radius 3 is 2.78 bits per heavy atom. The summed E-state index contributed by atoms with van der Waals surface area (Å²) in [6, 6.07) is 3.88. The highest BCUT2D eigenvalue weighted by molar-refractivity contribution is 9.10. The van der Waals surface area contributed by atoms with Crippen molar-refractivity contribution in [3.05, 3.63) is 22.2 Å². The van der Waals surface area contributed by atoms with Crippen molar-refractivity contribution < 1.29 is 19.0 Å². The zero-order chi connectivity index (χ0) is 13.1. The fraction of sp³-hybridized carbons (Fsp3) is 0.462. The highest BCUT2D eigenvalue weighted by atomic mass is 79.9. The lowest BCUT2D eigenvalue weighted by atomic mass is 10.0. The number of esters is 1. The number of carbonyl (C=O) groups is 1. The maximum Gasteiger partial charge on any atom is 0.302 e. The maximum absolute atomic E-state index is 10.8. The highest BCUT2D eigenvalue weighted by Gasteiger charge is 2.17. The van der Waals surface area contributed by atoms with Gasteiger partial charge in [0.15, 0.2) is 11.5 Å². The molecular weight excluding hydrogens is 300 g/mol. The van der Waals surface area contributed by atoms with Crippen LogP contribution in [0.1, 0.15) is 19.4 Å². The molecule has 0 spiro atoms. The Kier molecular flexibility index (Phi) is 4.11. The molecule has 0 aliphatic carbocycles. The molecule has 0 radical (unpaired) electrons. The molecule has 0 saturated carbocycles. The molecule has 0 amide bonds. The van der Waals surface area contributed by atoms with Crippen LogP contribution in [0.4, 0.5) is 0 Å². The van der Waals surface area contributed by atoms with Gasteiger partial charge in [-0.2, -0.15) is 0 Å². The lowest BCUT2D eigenvalue weighted by molar-refractivity contribution is -0.142. The van der Waals surface area contributed by atoms with Crippen molar-refractivity contribution >= 4 is 21.9 Å². The van der Waals surface area contributed by atoms with Crippen LogP contribution in [0.2, 0.25) is 0 Å². The topological polar surface area (TPSA) is 44.8 Å². The zero-order valence-electron chi connectivity index (χ0n) is 10.4. The second kappa shape index (κ2) is 5.61. The van der Waals surface area contributed by atoms with E-state index >= 15 is 0 Å². The standard InChI is InChI=1S/C13H15BrO4/c1-8(6-16-9(2)15)3-10-4-12-13(5-11(10)14)18-7-17-12/h4-5,8H,3,6-7H2,1-2H3/t8-/m1/s1. The Hall–Kier alpha value is -1.23. The summed E-state index contributed by atoms with van der Waals surface area (Å²) >= 11 is 3.52. The molecule has 18 heavy (non-hydrogen) atoms. The molecule has 5 heteroatoms. The molecule has 0 N–H and O–H groups in total. The van der Waals surface area contributed by atoms with Crippen LogP contribution in [-0.4, -0.2) is 19.4 Å². The molecule has 0 fully saturated rings. The first kappa shape index (κ1) is 13.2. The smallest absolute Gasteiger partial charge is 0.302 e. The van der Waals surface area contributed by atoms with E-state index in [0.29, 0.717) is 6.61 Å².